The van der Waals surface area contributed by atoms with Crippen molar-refractivity contribution in [2.45, 2.75) is 39.5 Å². The molecule has 10 heteroatoms. The molecular formula is C42H46Cl4N2O4. The number of carbonyl (C=O) groups is 2. The molecule has 0 unspecified atom stereocenters. The lowest BCUT2D eigenvalue weighted by Crippen LogP contribution is -2.27. The normalized spacial score (nSPS) is 11.5. The van der Waals surface area contributed by atoms with E-state index in [2.05, 4.69) is 23.6 Å². The number of hydrogen-bond donors (Lipinski definition) is 0. The molecule has 4 rings (SSSR count). The Bertz CT molecular complexity index is 1590. The van der Waals surface area contributed by atoms with Crippen molar-refractivity contribution in [1.82, 2.24) is 0 Å². The highest BCUT2D eigenvalue weighted by atomic mass is 35.5. The second-order valence-corrected chi connectivity index (χ2v) is 13.6. The van der Waals surface area contributed by atoms with Gasteiger partial charge in [-0.2, -0.15) is 0 Å². The Labute approximate surface area is 328 Å². The molecule has 6 nitrogen and oxygen atoms in total. The molecule has 0 fully saturated rings. The Morgan fingerprint density at radius 3 is 1.06 bits per heavy atom. The van der Waals surface area contributed by atoms with Crippen molar-refractivity contribution in [1.29, 1.82) is 0 Å². The van der Waals surface area contributed by atoms with Crippen LogP contribution in [0.5, 0.6) is 11.5 Å². The van der Waals surface area contributed by atoms with Gasteiger partial charge in [0.1, 0.15) is 11.5 Å². The smallest absolute Gasteiger partial charge is 0.315 e. The van der Waals surface area contributed by atoms with Gasteiger partial charge in [0.05, 0.1) is 12.8 Å². The number of alkyl halides is 4. The maximum Gasteiger partial charge on any atom is 0.315 e. The highest BCUT2D eigenvalue weighted by Crippen LogP contribution is 2.33. The number of halogens is 4. The van der Waals surface area contributed by atoms with Crippen LogP contribution in [-0.2, 0) is 22.4 Å². The Kier molecular flexibility index (Phi) is 17.2. The molecule has 0 saturated carbocycles. The van der Waals surface area contributed by atoms with Crippen LogP contribution in [0, 0.1) is 0 Å². The summed E-state index contributed by atoms with van der Waals surface area (Å²) in [5.41, 5.74) is 8.27. The molecule has 0 aliphatic rings. The van der Waals surface area contributed by atoms with Gasteiger partial charge < -0.3 is 19.3 Å². The second-order valence-electron chi connectivity index (χ2n) is 12.1. The number of allylic oxidation sites excluding steroid dienone is 2. The summed E-state index contributed by atoms with van der Waals surface area (Å²) >= 11 is 23.7. The zero-order chi connectivity index (χ0) is 37.3. The summed E-state index contributed by atoms with van der Waals surface area (Å²) in [6, 6.07) is 30.9. The summed E-state index contributed by atoms with van der Waals surface area (Å²) < 4.78 is 11.4. The van der Waals surface area contributed by atoms with Gasteiger partial charge in [-0.25, -0.2) is 0 Å². The van der Waals surface area contributed by atoms with E-state index in [0.29, 0.717) is 61.2 Å². The Morgan fingerprint density at radius 2 is 0.788 bits per heavy atom. The minimum absolute atomic E-state index is 0.162. The Hall–Kier alpha value is -3.68. The van der Waals surface area contributed by atoms with E-state index in [4.69, 9.17) is 55.9 Å². The summed E-state index contributed by atoms with van der Waals surface area (Å²) in [5.74, 6) is 2.37. The lowest BCUT2D eigenvalue weighted by atomic mass is 9.91. The highest BCUT2D eigenvalue weighted by molar-refractivity contribution is 6.19. The van der Waals surface area contributed by atoms with E-state index in [1.807, 2.05) is 97.1 Å². The predicted molar refractivity (Wildman–Crippen MR) is 219 cm³/mol. The van der Waals surface area contributed by atoms with Crippen molar-refractivity contribution in [2.24, 2.45) is 0 Å². The summed E-state index contributed by atoms with van der Waals surface area (Å²) in [6.45, 7) is 7.07. The van der Waals surface area contributed by atoms with Crippen LogP contribution in [-0.4, -0.2) is 61.6 Å². The quantitative estimate of drug-likeness (QED) is 0.0385. The van der Waals surface area contributed by atoms with Crippen molar-refractivity contribution in [3.05, 3.63) is 119 Å². The number of hydrogen-bond acceptors (Lipinski definition) is 6. The second kappa shape index (κ2) is 21.8. The van der Waals surface area contributed by atoms with Crippen molar-refractivity contribution < 1.29 is 19.1 Å². The fraction of sp³-hybridized carbons (Fsp3) is 0.333. The third-order valence-corrected chi connectivity index (χ3v) is 9.33. The Morgan fingerprint density at radius 1 is 0.481 bits per heavy atom. The summed E-state index contributed by atoms with van der Waals surface area (Å²) in [5, 5.41) is 0. The van der Waals surface area contributed by atoms with Crippen LogP contribution in [0.2, 0.25) is 0 Å². The van der Waals surface area contributed by atoms with Gasteiger partial charge in [-0.3, -0.25) is 9.59 Å². The van der Waals surface area contributed by atoms with Gasteiger partial charge >= 0.3 is 11.9 Å². The minimum Gasteiger partial charge on any atom is -0.426 e. The van der Waals surface area contributed by atoms with Gasteiger partial charge in [0.25, 0.3) is 0 Å². The standard InChI is InChI=1S/C42H46Cl4N2O4/c1-3-39(33-9-17-37(18-10-33)51-41(49)29-31-5-13-35(14-6-31)47(25-21-43)26-22-44)40(4-2)34-11-19-38(20-12-34)52-42(50)30-32-7-15-36(16-8-32)48(27-23-45)28-24-46/h5-20H,3-4,21-30H2,1-2H3/b40-39+. The SMILES string of the molecule is CC/C(=C(/CC)c1ccc(OC(=O)Cc2ccc(N(CCCl)CCCl)cc2)cc1)c1ccc(OC(=O)Cc2ccc(N(CCCl)CCCl)cc2)cc1. The summed E-state index contributed by atoms with van der Waals surface area (Å²) in [4.78, 5) is 29.8. The lowest BCUT2D eigenvalue weighted by molar-refractivity contribution is -0.134. The fourth-order valence-corrected chi connectivity index (χ4v) is 6.91. The molecular weight excluding hydrogens is 738 g/mol. The van der Waals surface area contributed by atoms with Gasteiger partial charge in [0.2, 0.25) is 0 Å². The van der Waals surface area contributed by atoms with Gasteiger partial charge in [-0.05, 0) is 94.8 Å². The molecule has 0 radical (unpaired) electrons. The molecule has 276 valence electrons. The van der Waals surface area contributed by atoms with Crippen molar-refractivity contribution in [3.8, 4) is 11.5 Å². The summed E-state index contributed by atoms with van der Waals surface area (Å²) in [7, 11) is 0. The van der Waals surface area contributed by atoms with E-state index in [0.717, 1.165) is 46.5 Å². The van der Waals surface area contributed by atoms with Gasteiger partial charge in [0.15, 0.2) is 0 Å². The van der Waals surface area contributed by atoms with Crippen molar-refractivity contribution in [3.63, 3.8) is 0 Å². The van der Waals surface area contributed by atoms with Gasteiger partial charge in [-0.15, -0.1) is 46.4 Å². The molecule has 0 spiro atoms. The number of anilines is 2. The summed E-state index contributed by atoms with van der Waals surface area (Å²) in [6.07, 6.45) is 1.96. The number of benzene rings is 4. The molecule has 4 aromatic carbocycles. The maximum atomic E-state index is 12.8. The van der Waals surface area contributed by atoms with E-state index in [-0.39, 0.29) is 24.8 Å². The van der Waals surface area contributed by atoms with Crippen molar-refractivity contribution >= 4 is 80.9 Å². The average Bonchev–Trinajstić information content (AvgIpc) is 3.15. The average molecular weight is 785 g/mol. The molecule has 0 amide bonds. The fourth-order valence-electron chi connectivity index (χ4n) is 6.10. The number of rotatable bonds is 20. The lowest BCUT2D eigenvalue weighted by Gasteiger charge is -2.23. The number of esters is 2. The molecule has 0 aliphatic heterocycles. The molecule has 52 heavy (non-hydrogen) atoms. The van der Waals surface area contributed by atoms with E-state index in [1.54, 1.807) is 0 Å². The Balaban J connectivity index is 1.35. The van der Waals surface area contributed by atoms with Crippen LogP contribution in [0.3, 0.4) is 0 Å². The molecule has 0 saturated heterocycles. The zero-order valence-electron chi connectivity index (χ0n) is 29.8. The predicted octanol–water partition coefficient (Wildman–Crippen LogP) is 10.3. The largest absolute Gasteiger partial charge is 0.426 e. The van der Waals surface area contributed by atoms with Crippen LogP contribution < -0.4 is 19.3 Å². The number of ether oxygens (including phenoxy) is 2. The molecule has 0 aromatic heterocycles. The number of carbonyl (C=O) groups excluding carboxylic acids is 2. The van der Waals surface area contributed by atoms with Crippen LogP contribution in [0.1, 0.15) is 48.9 Å². The topological polar surface area (TPSA) is 59.1 Å². The zero-order valence-corrected chi connectivity index (χ0v) is 32.8. The minimum atomic E-state index is -0.328. The first-order valence-corrected chi connectivity index (χ1v) is 19.7. The maximum absolute atomic E-state index is 12.8. The molecule has 0 aliphatic carbocycles. The third-order valence-electron chi connectivity index (χ3n) is 8.66. The monoisotopic (exact) mass is 782 g/mol. The molecule has 0 atom stereocenters. The molecule has 0 N–H and O–H groups in total. The first-order chi connectivity index (χ1) is 25.3. The van der Waals surface area contributed by atoms with Crippen molar-refractivity contribution in [2.75, 3.05) is 59.5 Å². The van der Waals surface area contributed by atoms with E-state index < -0.39 is 0 Å². The molecule has 0 bridgehead atoms. The molecule has 0 heterocycles. The first kappa shape index (κ1) is 41.1. The van der Waals surface area contributed by atoms with Crippen LogP contribution in [0.4, 0.5) is 11.4 Å². The van der Waals surface area contributed by atoms with Crippen LogP contribution >= 0.6 is 46.4 Å². The van der Waals surface area contributed by atoms with Crippen LogP contribution in [0.15, 0.2) is 97.1 Å². The highest BCUT2D eigenvalue weighted by Gasteiger charge is 2.14. The molecule has 4 aromatic rings. The van der Waals surface area contributed by atoms with E-state index in [9.17, 15) is 9.59 Å². The number of nitrogens with zero attached hydrogens (tertiary/aromatic N) is 2. The van der Waals surface area contributed by atoms with Gasteiger partial charge in [-0.1, -0.05) is 62.4 Å². The van der Waals surface area contributed by atoms with Gasteiger partial charge in [0, 0.05) is 61.1 Å². The van der Waals surface area contributed by atoms with E-state index in [1.165, 1.54) is 11.1 Å². The van der Waals surface area contributed by atoms with E-state index >= 15 is 0 Å². The van der Waals surface area contributed by atoms with Crippen LogP contribution in [0.25, 0.3) is 11.1 Å². The third kappa shape index (κ3) is 12.2. The first-order valence-electron chi connectivity index (χ1n) is 17.6.